The maximum absolute atomic E-state index is 11.1. The minimum Gasteiger partial charge on any atom is -0.371 e. The molecule has 0 aromatic carbocycles. The van der Waals surface area contributed by atoms with E-state index in [0.717, 1.165) is 19.4 Å². The molecule has 1 saturated heterocycles. The van der Waals surface area contributed by atoms with Crippen molar-refractivity contribution in [3.63, 3.8) is 0 Å². The smallest absolute Gasteiger partial charge is 0.249 e. The number of fused-ring (bicyclic) bond motifs is 1. The first-order valence-electron chi connectivity index (χ1n) is 3.61. The first-order valence-corrected chi connectivity index (χ1v) is 3.61. The van der Waals surface area contributed by atoms with Gasteiger partial charge >= 0.3 is 0 Å². The Morgan fingerprint density at radius 2 is 2.60 bits per heavy atom. The van der Waals surface area contributed by atoms with Gasteiger partial charge in [0.05, 0.1) is 0 Å². The fraction of sp³-hybridized carbons (Fsp3) is 0.571. The molecule has 1 N–H and O–H groups in total. The normalized spacial score (nSPS) is 30.2. The van der Waals surface area contributed by atoms with Gasteiger partial charge in [0.15, 0.2) is 0 Å². The summed E-state index contributed by atoms with van der Waals surface area (Å²) in [5, 5.41) is 3.14. The van der Waals surface area contributed by atoms with Crippen LogP contribution in [0.25, 0.3) is 0 Å². The van der Waals surface area contributed by atoms with Crippen LogP contribution in [0.1, 0.15) is 12.8 Å². The number of amides is 1. The van der Waals surface area contributed by atoms with Crippen LogP contribution in [0.3, 0.4) is 0 Å². The molecule has 1 fully saturated rings. The number of hydrogen-bond acceptors (Lipinski definition) is 2. The van der Waals surface area contributed by atoms with Crippen LogP contribution in [-0.2, 0) is 4.79 Å². The number of carbonyl (C=O) groups excluding carboxylic acids is 1. The average Bonchev–Trinajstić information content (AvgIpc) is 2.36. The lowest BCUT2D eigenvalue weighted by Crippen LogP contribution is -2.44. The van der Waals surface area contributed by atoms with Crippen LogP contribution < -0.4 is 5.32 Å². The van der Waals surface area contributed by atoms with E-state index in [-0.39, 0.29) is 12.1 Å². The predicted octanol–water partition coefficient (Wildman–Crippen LogP) is 0.0518. The van der Waals surface area contributed by atoms with Gasteiger partial charge in [0.2, 0.25) is 5.91 Å². The highest BCUT2D eigenvalue weighted by atomic mass is 16.2. The van der Waals surface area contributed by atoms with Gasteiger partial charge in [0.1, 0.15) is 6.17 Å². The van der Waals surface area contributed by atoms with Gasteiger partial charge in [0, 0.05) is 18.8 Å². The standard InChI is InChI=1S/C7H10N2O/c10-7-3-4-8-6-2-1-5-9(6)7/h3-4,6,8H,1-2,5H2. The van der Waals surface area contributed by atoms with Crippen molar-refractivity contribution in [2.45, 2.75) is 19.0 Å². The molecule has 3 nitrogen and oxygen atoms in total. The molecule has 1 amide bonds. The second kappa shape index (κ2) is 2.01. The van der Waals surface area contributed by atoms with Crippen molar-refractivity contribution < 1.29 is 4.79 Å². The van der Waals surface area contributed by atoms with Crippen molar-refractivity contribution in [3.05, 3.63) is 12.3 Å². The van der Waals surface area contributed by atoms with Crippen molar-refractivity contribution in [3.8, 4) is 0 Å². The van der Waals surface area contributed by atoms with Gasteiger partial charge in [-0.15, -0.1) is 0 Å². The van der Waals surface area contributed by atoms with Gasteiger partial charge in [0.25, 0.3) is 0 Å². The highest BCUT2D eigenvalue weighted by Crippen LogP contribution is 2.17. The Hall–Kier alpha value is -0.990. The van der Waals surface area contributed by atoms with Crippen molar-refractivity contribution in [2.75, 3.05) is 6.54 Å². The second-order valence-electron chi connectivity index (χ2n) is 2.69. The summed E-state index contributed by atoms with van der Waals surface area (Å²) in [5.74, 6) is 0.154. The highest BCUT2D eigenvalue weighted by molar-refractivity contribution is 5.88. The van der Waals surface area contributed by atoms with Crippen LogP contribution in [0.2, 0.25) is 0 Å². The van der Waals surface area contributed by atoms with E-state index in [1.165, 1.54) is 0 Å². The molecule has 0 spiro atoms. The summed E-state index contributed by atoms with van der Waals surface area (Å²) in [6.45, 7) is 0.918. The Bertz CT molecular complexity index is 188. The number of nitrogens with one attached hydrogen (secondary N) is 1. The molecule has 1 atom stereocenters. The first-order chi connectivity index (χ1) is 4.88. The van der Waals surface area contributed by atoms with E-state index in [9.17, 15) is 4.79 Å². The molecule has 0 aromatic heterocycles. The zero-order chi connectivity index (χ0) is 6.97. The lowest BCUT2D eigenvalue weighted by atomic mass is 10.3. The van der Waals surface area contributed by atoms with Gasteiger partial charge in [-0.25, -0.2) is 0 Å². The van der Waals surface area contributed by atoms with Crippen LogP contribution in [0, 0.1) is 0 Å². The molecule has 2 heterocycles. The van der Waals surface area contributed by atoms with Crippen LogP contribution in [-0.4, -0.2) is 23.5 Å². The maximum Gasteiger partial charge on any atom is 0.249 e. The molecular formula is C7H10N2O. The third-order valence-electron chi connectivity index (χ3n) is 2.05. The largest absolute Gasteiger partial charge is 0.371 e. The fourth-order valence-electron chi connectivity index (χ4n) is 1.53. The van der Waals surface area contributed by atoms with E-state index in [1.807, 2.05) is 4.90 Å². The third-order valence-corrected chi connectivity index (χ3v) is 2.05. The fourth-order valence-corrected chi connectivity index (χ4v) is 1.53. The summed E-state index contributed by atoms with van der Waals surface area (Å²) in [6.07, 6.45) is 5.84. The SMILES string of the molecule is O=C1C=CNC2CCCN12. The molecule has 2 aliphatic heterocycles. The summed E-state index contributed by atoms with van der Waals surface area (Å²) >= 11 is 0. The van der Waals surface area contributed by atoms with E-state index in [2.05, 4.69) is 5.32 Å². The van der Waals surface area contributed by atoms with Crippen molar-refractivity contribution in [1.82, 2.24) is 10.2 Å². The van der Waals surface area contributed by atoms with Crippen LogP contribution in [0.4, 0.5) is 0 Å². The lowest BCUT2D eigenvalue weighted by Gasteiger charge is -2.26. The molecule has 1 unspecified atom stereocenters. The molecule has 0 radical (unpaired) electrons. The Balaban J connectivity index is 2.20. The number of carbonyl (C=O) groups is 1. The number of nitrogens with zero attached hydrogens (tertiary/aromatic N) is 1. The molecule has 54 valence electrons. The van der Waals surface area contributed by atoms with E-state index in [4.69, 9.17) is 0 Å². The lowest BCUT2D eigenvalue weighted by molar-refractivity contribution is -0.127. The summed E-state index contributed by atoms with van der Waals surface area (Å²) in [6, 6.07) is 0. The summed E-state index contributed by atoms with van der Waals surface area (Å²) < 4.78 is 0. The number of rotatable bonds is 0. The molecule has 0 bridgehead atoms. The van der Waals surface area contributed by atoms with Crippen LogP contribution in [0.15, 0.2) is 12.3 Å². The molecule has 3 heteroatoms. The van der Waals surface area contributed by atoms with E-state index in [1.54, 1.807) is 12.3 Å². The molecular weight excluding hydrogens is 128 g/mol. The Morgan fingerprint density at radius 3 is 3.40 bits per heavy atom. The van der Waals surface area contributed by atoms with E-state index < -0.39 is 0 Å². The van der Waals surface area contributed by atoms with Gasteiger partial charge in [-0.2, -0.15) is 0 Å². The Morgan fingerprint density at radius 1 is 1.70 bits per heavy atom. The first kappa shape index (κ1) is 5.77. The predicted molar refractivity (Wildman–Crippen MR) is 37.0 cm³/mol. The summed E-state index contributed by atoms with van der Waals surface area (Å²) in [4.78, 5) is 12.9. The summed E-state index contributed by atoms with van der Waals surface area (Å²) in [7, 11) is 0. The second-order valence-corrected chi connectivity index (χ2v) is 2.69. The molecule has 10 heavy (non-hydrogen) atoms. The zero-order valence-electron chi connectivity index (χ0n) is 5.71. The van der Waals surface area contributed by atoms with Gasteiger partial charge in [-0.05, 0) is 12.8 Å². The van der Waals surface area contributed by atoms with Gasteiger partial charge < -0.3 is 10.2 Å². The third kappa shape index (κ3) is 0.701. The molecule has 2 aliphatic rings. The molecule has 0 aliphatic carbocycles. The van der Waals surface area contributed by atoms with Gasteiger partial charge in [-0.3, -0.25) is 4.79 Å². The van der Waals surface area contributed by atoms with Crippen LogP contribution in [0.5, 0.6) is 0 Å². The van der Waals surface area contributed by atoms with Crippen molar-refractivity contribution in [2.24, 2.45) is 0 Å². The van der Waals surface area contributed by atoms with E-state index >= 15 is 0 Å². The van der Waals surface area contributed by atoms with Crippen LogP contribution >= 0.6 is 0 Å². The van der Waals surface area contributed by atoms with Crippen molar-refractivity contribution >= 4 is 5.91 Å². The summed E-state index contributed by atoms with van der Waals surface area (Å²) in [5.41, 5.74) is 0. The Labute approximate surface area is 59.7 Å². The quantitative estimate of drug-likeness (QED) is 0.513. The average molecular weight is 138 g/mol. The number of hydrogen-bond donors (Lipinski definition) is 1. The minimum absolute atomic E-state index is 0.154. The maximum atomic E-state index is 11.1. The monoisotopic (exact) mass is 138 g/mol. The van der Waals surface area contributed by atoms with Gasteiger partial charge in [-0.1, -0.05) is 0 Å². The minimum atomic E-state index is 0.154. The van der Waals surface area contributed by atoms with E-state index in [0.29, 0.717) is 0 Å². The Kier molecular flexibility index (Phi) is 1.16. The topological polar surface area (TPSA) is 32.3 Å². The zero-order valence-corrected chi connectivity index (χ0v) is 5.71. The highest BCUT2D eigenvalue weighted by Gasteiger charge is 2.28. The molecule has 0 saturated carbocycles. The molecule has 0 aromatic rings. The molecule has 2 rings (SSSR count). The van der Waals surface area contributed by atoms with Crippen molar-refractivity contribution in [1.29, 1.82) is 0 Å².